The number of hydrogen-bond acceptors (Lipinski definition) is 20. The van der Waals surface area contributed by atoms with Gasteiger partial charge in [-0.05, 0) is 139 Å². The van der Waals surface area contributed by atoms with Gasteiger partial charge in [0.15, 0.2) is 0 Å². The third kappa shape index (κ3) is 22.3. The number of benzene rings is 9. The number of carboxylic acid groups (broad SMARTS) is 1. The van der Waals surface area contributed by atoms with E-state index < -0.39 is 18.9 Å². The van der Waals surface area contributed by atoms with Crippen LogP contribution in [0.5, 0.6) is 34.5 Å². The van der Waals surface area contributed by atoms with Crippen LogP contribution < -0.4 is 69.9 Å². The van der Waals surface area contributed by atoms with E-state index in [0.717, 1.165) is 65.2 Å². The molecule has 0 bridgehead atoms. The number of nitrogens with two attached hydrogens (primary N) is 3. The number of carbonyl (C=O) groups excluding carboxylic acids is 2. The first kappa shape index (κ1) is 88.7. The fourth-order valence-electron chi connectivity index (χ4n) is 11.6. The third-order valence-corrected chi connectivity index (χ3v) is 17.7. The van der Waals surface area contributed by atoms with Gasteiger partial charge in [-0.1, -0.05) is 72.8 Å². The van der Waals surface area contributed by atoms with Crippen molar-refractivity contribution in [2.24, 2.45) is 17.2 Å². The number of rotatable bonds is 26. The number of aryl methyl sites for hydroxylation is 3. The van der Waals surface area contributed by atoms with Gasteiger partial charge in [0.1, 0.15) is 88.5 Å². The number of esters is 2. The standard InChI is InChI=1S/C28H28FNO5.C26H24FNO5.C21H21BrO5.C7H9BFNO2.ClH.Li.H2O/c1-4-33-26(31)12-19-8-9-21(32-3)13-25(19)34-16-18-10-23-17(2)15-35-28(23)24(11-18)22-7-5-6-20(14-30)27(22)29;1-15-13-33-26-21(15)8-16(9-22(26)20-5-3-4-18(12-28)25(20)27)14-32-23-11-19(31-2)7-6-17(23)10-24(29)30;1-4-25-20(23)9-15-5-6-16(24-3)10-19(15)26-12-14-7-17-13(2)11-27-21(17)18(22)8-14;9-7-5(4-10)2-1-3-6(7)8(11)12;;;/h5-11,13,15H,4,12,14,16,30H2,1-3H3;3-9,11,13H,10,12,14,28H2,1-2H3,(H,29,30);5-8,10-11H,4,9,12H2,1-3H3;1-3,11-12H,4,10H2;1H;;1H2/q;;;;;+1;/p-1. The quantitative estimate of drug-likeness (QED) is 0.0217. The molecule has 0 spiro atoms. The first-order valence-corrected chi connectivity index (χ1v) is 34.7. The summed E-state index contributed by atoms with van der Waals surface area (Å²) in [6, 6.07) is 41.9. The van der Waals surface area contributed by atoms with Gasteiger partial charge in [0, 0.05) is 115 Å². The van der Waals surface area contributed by atoms with Crippen LogP contribution in [0.15, 0.2) is 182 Å². The largest absolute Gasteiger partial charge is 1.00 e. The zero-order chi connectivity index (χ0) is 77.0. The van der Waals surface area contributed by atoms with Crippen LogP contribution in [0, 0.1) is 38.2 Å². The average molecular weight is 1590 g/mol. The molecule has 3 aromatic heterocycles. The number of carbonyl (C=O) groups is 3. The van der Waals surface area contributed by atoms with E-state index in [1.54, 1.807) is 132 Å². The van der Waals surface area contributed by atoms with Gasteiger partial charge in [-0.2, -0.15) is 0 Å². The smallest absolute Gasteiger partial charge is 0.870 e. The van der Waals surface area contributed by atoms with E-state index in [1.807, 2.05) is 63.2 Å². The summed E-state index contributed by atoms with van der Waals surface area (Å²) in [4.78, 5) is 35.2. The SMILES string of the molecule is CCOC(=O)Cc1ccc(OC)cc1OCc1cc(-c2cccc(CN)c2F)c2occ(C)c2c1.CCOC(=O)Cc1ccc(OC)cc1OCc1cc(Br)c2occ(C)c2c1.COc1ccc(CC(=O)O)c(OCc2cc(-c3cccc(CN)c3F)c3occ(C)c3c2)c1.Cl.NCc1cccc(B(O)O)c1F.[Li+].[OH-]. The topological polar surface area (TPSA) is 333 Å². The van der Waals surface area contributed by atoms with Crippen molar-refractivity contribution in [1.29, 1.82) is 0 Å². The van der Waals surface area contributed by atoms with Gasteiger partial charge < -0.3 is 89.0 Å². The molecule has 3 heterocycles. The number of hydrogen-bond donors (Lipinski definition) is 6. The van der Waals surface area contributed by atoms with Crippen LogP contribution in [0.2, 0.25) is 0 Å². The normalized spacial score (nSPS) is 10.6. The zero-order valence-electron chi connectivity index (χ0n) is 62.1. The molecule has 0 unspecified atom stereocenters. The van der Waals surface area contributed by atoms with Gasteiger partial charge >= 0.3 is 43.9 Å². The second kappa shape index (κ2) is 42.1. The molecular formula is C82H84BBrClF3LiN3O18. The van der Waals surface area contributed by atoms with Crippen molar-refractivity contribution < 1.29 is 118 Å². The third-order valence-electron chi connectivity index (χ3n) is 17.1. The molecule has 21 nitrogen and oxygen atoms in total. The first-order valence-electron chi connectivity index (χ1n) is 33.9. The van der Waals surface area contributed by atoms with Crippen molar-refractivity contribution in [2.45, 2.75) is 93.3 Å². The predicted octanol–water partition coefficient (Wildman–Crippen LogP) is 12.3. The summed E-state index contributed by atoms with van der Waals surface area (Å²) in [5.41, 5.74) is 29.1. The predicted molar refractivity (Wildman–Crippen MR) is 414 cm³/mol. The molecule has 0 saturated carbocycles. The molecule has 110 heavy (non-hydrogen) atoms. The molecular weight excluding hydrogens is 1510 g/mol. The van der Waals surface area contributed by atoms with Crippen LogP contribution in [0.25, 0.3) is 55.2 Å². The summed E-state index contributed by atoms with van der Waals surface area (Å²) >= 11 is 3.54. The number of furan rings is 3. The molecule has 28 heteroatoms. The van der Waals surface area contributed by atoms with Crippen LogP contribution in [-0.2, 0) is 82.6 Å². The van der Waals surface area contributed by atoms with E-state index in [9.17, 15) is 23.9 Å². The van der Waals surface area contributed by atoms with Gasteiger partial charge in [-0.3, -0.25) is 14.4 Å². The molecule has 574 valence electrons. The molecule has 10 N–H and O–H groups in total. The molecule has 0 aliphatic carbocycles. The molecule has 0 amide bonds. The van der Waals surface area contributed by atoms with Gasteiger partial charge in [-0.15, -0.1) is 12.4 Å². The monoisotopic (exact) mass is 1590 g/mol. The van der Waals surface area contributed by atoms with Crippen LogP contribution in [0.4, 0.5) is 13.2 Å². The number of ether oxygens (including phenoxy) is 8. The van der Waals surface area contributed by atoms with E-state index >= 15 is 8.78 Å². The van der Waals surface area contributed by atoms with E-state index in [2.05, 4.69) is 15.9 Å². The number of fused-ring (bicyclic) bond motifs is 3. The minimum atomic E-state index is -1.78. The fourth-order valence-corrected chi connectivity index (χ4v) is 12.2. The van der Waals surface area contributed by atoms with Crippen molar-refractivity contribution in [3.05, 3.63) is 253 Å². The summed E-state index contributed by atoms with van der Waals surface area (Å²) < 4.78 is 106. The van der Waals surface area contributed by atoms with Crippen LogP contribution in [0.3, 0.4) is 0 Å². The summed E-state index contributed by atoms with van der Waals surface area (Å²) in [5.74, 6) is 0.379. The van der Waals surface area contributed by atoms with Crippen molar-refractivity contribution in [2.75, 3.05) is 34.5 Å². The molecule has 12 rings (SSSR count). The zero-order valence-corrected chi connectivity index (χ0v) is 64.5. The number of aliphatic carboxylic acids is 1. The van der Waals surface area contributed by atoms with Crippen LogP contribution in [0.1, 0.15) is 80.6 Å². The maximum absolute atomic E-state index is 15.2. The summed E-state index contributed by atoms with van der Waals surface area (Å²) in [5, 5.41) is 29.4. The van der Waals surface area contributed by atoms with Gasteiger partial charge in [-0.25, -0.2) is 13.2 Å². The number of carboxylic acids is 1. The second-order valence-corrected chi connectivity index (χ2v) is 25.3. The van der Waals surface area contributed by atoms with Crippen molar-refractivity contribution in [3.63, 3.8) is 0 Å². The molecule has 0 atom stereocenters. The molecule has 0 aliphatic heterocycles. The van der Waals surface area contributed by atoms with E-state index in [0.29, 0.717) is 110 Å². The van der Waals surface area contributed by atoms with Crippen LogP contribution in [-0.4, -0.2) is 80.2 Å². The fraction of sp³-hybridized carbons (Fsp3) is 0.232. The first-order chi connectivity index (χ1) is 51.5. The van der Waals surface area contributed by atoms with Gasteiger partial charge in [0.25, 0.3) is 0 Å². The Morgan fingerprint density at radius 3 is 1.16 bits per heavy atom. The molecule has 9 aromatic carbocycles. The van der Waals surface area contributed by atoms with Crippen molar-refractivity contribution in [3.8, 4) is 56.8 Å². The Hall–Kier alpha value is -10.2. The molecule has 0 saturated heterocycles. The Morgan fingerprint density at radius 2 is 0.809 bits per heavy atom. The average Bonchev–Trinajstić information content (AvgIpc) is 1.58. The van der Waals surface area contributed by atoms with Gasteiger partial charge in [0.2, 0.25) is 0 Å². The number of halogens is 5. The summed E-state index contributed by atoms with van der Waals surface area (Å²) in [6.45, 7) is 11.0. The Labute approximate surface area is 660 Å². The van der Waals surface area contributed by atoms with E-state index in [4.69, 9.17) is 78.4 Å². The number of methoxy groups -OCH3 is 3. The Bertz CT molecular complexity index is 5140. The maximum Gasteiger partial charge on any atom is 1.00 e. The van der Waals surface area contributed by atoms with E-state index in [-0.39, 0.29) is 123 Å². The molecule has 0 radical (unpaired) electrons. The summed E-state index contributed by atoms with van der Waals surface area (Å²) in [7, 11) is 2.91. The molecule has 0 aliphatic rings. The maximum atomic E-state index is 15.2. The second-order valence-electron chi connectivity index (χ2n) is 24.4. The van der Waals surface area contributed by atoms with Crippen molar-refractivity contribution in [1.82, 2.24) is 0 Å². The Kier molecular flexibility index (Phi) is 34.0. The van der Waals surface area contributed by atoms with E-state index in [1.165, 1.54) is 25.3 Å². The minimum absolute atomic E-state index is 0. The molecule has 0 fully saturated rings. The van der Waals surface area contributed by atoms with Crippen molar-refractivity contribution >= 4 is 91.7 Å². The molecule has 12 aromatic rings. The minimum Gasteiger partial charge on any atom is -0.870 e. The van der Waals surface area contributed by atoms with Crippen LogP contribution >= 0.6 is 28.3 Å². The Balaban J connectivity index is 0.000000238. The summed E-state index contributed by atoms with van der Waals surface area (Å²) in [6.07, 6.45) is 5.08. The Morgan fingerprint density at radius 1 is 0.464 bits per heavy atom. The van der Waals surface area contributed by atoms with Gasteiger partial charge in [0.05, 0.1) is 77.1 Å².